The Hall–Kier alpha value is -3.71. The summed E-state index contributed by atoms with van der Waals surface area (Å²) in [4.78, 5) is 8.18. The van der Waals surface area contributed by atoms with Gasteiger partial charge in [0.1, 0.15) is 36.0 Å². The molecular weight excluding hydrogens is 416 g/mol. The Morgan fingerprint density at radius 3 is 2.61 bits per heavy atom. The van der Waals surface area contributed by atoms with Crippen molar-refractivity contribution in [2.24, 2.45) is 4.99 Å². The first-order valence-corrected chi connectivity index (χ1v) is 11.1. The minimum absolute atomic E-state index is 0.466. The summed E-state index contributed by atoms with van der Waals surface area (Å²) in [5, 5.41) is 4.56. The van der Waals surface area contributed by atoms with Crippen LogP contribution in [0.3, 0.4) is 0 Å². The summed E-state index contributed by atoms with van der Waals surface area (Å²) in [7, 11) is 1.66. The van der Waals surface area contributed by atoms with Crippen LogP contribution in [0.5, 0.6) is 11.5 Å². The number of fused-ring (bicyclic) bond motifs is 1. The molecule has 4 N–H and O–H groups in total. The van der Waals surface area contributed by atoms with Crippen molar-refractivity contribution in [2.45, 2.75) is 19.8 Å². The normalized spacial score (nSPS) is 13.2. The predicted molar refractivity (Wildman–Crippen MR) is 131 cm³/mol. The quantitative estimate of drug-likeness (QED) is 0.327. The Balaban J connectivity index is 1.54. The maximum Gasteiger partial charge on any atom is 0.139 e. The van der Waals surface area contributed by atoms with E-state index in [1.165, 1.54) is 11.1 Å². The lowest BCUT2D eigenvalue weighted by molar-refractivity contribution is 0.146. The molecule has 0 fully saturated rings. The van der Waals surface area contributed by atoms with Crippen molar-refractivity contribution in [3.63, 3.8) is 0 Å². The molecular formula is C26H30N4O3. The molecule has 2 aromatic carbocycles. The highest BCUT2D eigenvalue weighted by Crippen LogP contribution is 2.25. The molecule has 1 aromatic heterocycles. The van der Waals surface area contributed by atoms with Crippen molar-refractivity contribution in [3.8, 4) is 11.5 Å². The van der Waals surface area contributed by atoms with Gasteiger partial charge in [-0.25, -0.2) is 4.99 Å². The van der Waals surface area contributed by atoms with Gasteiger partial charge < -0.3 is 30.2 Å². The number of rotatable bonds is 10. The number of benzene rings is 2. The molecule has 172 valence electrons. The Morgan fingerprint density at radius 1 is 1.00 bits per heavy atom. The van der Waals surface area contributed by atoms with E-state index < -0.39 is 0 Å². The monoisotopic (exact) mass is 446 g/mol. The number of nitrogens with two attached hydrogens (primary N) is 1. The molecule has 0 atom stereocenters. The second kappa shape index (κ2) is 10.7. The predicted octanol–water partition coefficient (Wildman–Crippen LogP) is 3.61. The van der Waals surface area contributed by atoms with Crippen molar-refractivity contribution < 1.29 is 14.2 Å². The standard InChI is InChI=1S/C26H30N4O3/c1-3-18-15-19(17-33-23-6-4-5-20(27)16-23)24-11-12-28-26(24)30-25(18)29-21-7-9-22(10-8-21)32-14-13-31-2/h4-12,16,29H,3,13-15,17,27H2,1-2H3,(H,28,30). The summed E-state index contributed by atoms with van der Waals surface area (Å²) in [6, 6.07) is 17.4. The lowest BCUT2D eigenvalue weighted by Crippen LogP contribution is -2.26. The molecule has 0 saturated carbocycles. The van der Waals surface area contributed by atoms with Crippen molar-refractivity contribution in [1.82, 2.24) is 4.98 Å². The topological polar surface area (TPSA) is 93.9 Å². The molecule has 2 heterocycles. The minimum Gasteiger partial charge on any atom is -0.491 e. The third-order valence-electron chi connectivity index (χ3n) is 5.46. The van der Waals surface area contributed by atoms with E-state index in [4.69, 9.17) is 24.9 Å². The molecule has 1 aliphatic rings. The summed E-state index contributed by atoms with van der Waals surface area (Å²) in [6.07, 6.45) is 3.55. The van der Waals surface area contributed by atoms with Gasteiger partial charge in [0.05, 0.1) is 6.61 Å². The number of nitrogen functional groups attached to an aromatic ring is 1. The van der Waals surface area contributed by atoms with Crippen LogP contribution >= 0.6 is 0 Å². The molecule has 3 aromatic rings. The molecule has 0 unspecified atom stereocenters. The van der Waals surface area contributed by atoms with Crippen LogP contribution in [0.2, 0.25) is 0 Å². The maximum atomic E-state index is 6.07. The van der Waals surface area contributed by atoms with Gasteiger partial charge in [0, 0.05) is 36.0 Å². The Bertz CT molecular complexity index is 1230. The van der Waals surface area contributed by atoms with Crippen LogP contribution in [0.25, 0.3) is 5.57 Å². The fraction of sp³-hybridized carbons (Fsp3) is 0.269. The third kappa shape index (κ3) is 5.75. The van der Waals surface area contributed by atoms with E-state index in [-0.39, 0.29) is 0 Å². The first kappa shape index (κ1) is 22.5. The number of ether oxygens (including phenoxy) is 3. The lowest BCUT2D eigenvalue weighted by Gasteiger charge is -2.14. The number of H-pyrrole nitrogens is 1. The Labute approximate surface area is 193 Å². The van der Waals surface area contributed by atoms with Crippen molar-refractivity contribution in [1.29, 1.82) is 0 Å². The zero-order valence-electron chi connectivity index (χ0n) is 19.1. The number of nitrogens with one attached hydrogen (secondary N) is 2. The first-order valence-electron chi connectivity index (χ1n) is 11.1. The minimum atomic E-state index is 0.466. The number of aromatic nitrogens is 1. The van der Waals surface area contributed by atoms with Gasteiger partial charge in [0.15, 0.2) is 0 Å². The molecule has 4 rings (SSSR count). The highest BCUT2D eigenvalue weighted by atomic mass is 16.5. The van der Waals surface area contributed by atoms with Crippen LogP contribution in [0.15, 0.2) is 77.2 Å². The van der Waals surface area contributed by atoms with Crippen molar-refractivity contribution in [2.75, 3.05) is 38.0 Å². The number of allylic oxidation sites excluding steroid dienone is 1. The van der Waals surface area contributed by atoms with E-state index in [9.17, 15) is 0 Å². The van der Waals surface area contributed by atoms with Crippen LogP contribution in [0, 0.1) is 0 Å². The molecule has 0 radical (unpaired) electrons. The van der Waals surface area contributed by atoms with Crippen LogP contribution in [0.1, 0.15) is 19.8 Å². The highest BCUT2D eigenvalue weighted by molar-refractivity contribution is 5.56. The van der Waals surface area contributed by atoms with Crippen LogP contribution in [0.4, 0.5) is 11.4 Å². The van der Waals surface area contributed by atoms with Crippen molar-refractivity contribution >= 4 is 16.9 Å². The molecule has 0 bridgehead atoms. The number of aromatic amines is 1. The molecule has 7 nitrogen and oxygen atoms in total. The molecule has 33 heavy (non-hydrogen) atoms. The Kier molecular flexibility index (Phi) is 7.32. The number of hydrogen-bond donors (Lipinski definition) is 3. The van der Waals surface area contributed by atoms with E-state index in [1.807, 2.05) is 54.7 Å². The van der Waals surface area contributed by atoms with Crippen LogP contribution < -0.4 is 31.2 Å². The second-order valence-corrected chi connectivity index (χ2v) is 7.79. The van der Waals surface area contributed by atoms with E-state index >= 15 is 0 Å². The summed E-state index contributed by atoms with van der Waals surface area (Å²) >= 11 is 0. The molecule has 0 spiro atoms. The lowest BCUT2D eigenvalue weighted by atomic mass is 10.0. The fourth-order valence-electron chi connectivity index (χ4n) is 3.69. The Morgan fingerprint density at radius 2 is 1.85 bits per heavy atom. The average molecular weight is 447 g/mol. The second-order valence-electron chi connectivity index (χ2n) is 7.79. The largest absolute Gasteiger partial charge is 0.491 e. The van der Waals surface area contributed by atoms with Gasteiger partial charge in [-0.05, 0) is 66.5 Å². The summed E-state index contributed by atoms with van der Waals surface area (Å²) in [6.45, 7) is 3.70. The van der Waals surface area contributed by atoms with Gasteiger partial charge in [-0.2, -0.15) is 0 Å². The fourth-order valence-corrected chi connectivity index (χ4v) is 3.69. The smallest absolute Gasteiger partial charge is 0.139 e. The van der Waals surface area contributed by atoms with Crippen LogP contribution in [-0.2, 0) is 4.74 Å². The summed E-state index contributed by atoms with van der Waals surface area (Å²) in [5.41, 5.74) is 10.7. The van der Waals surface area contributed by atoms with E-state index in [2.05, 4.69) is 23.3 Å². The maximum absolute atomic E-state index is 6.07. The van der Waals surface area contributed by atoms with Gasteiger partial charge in [-0.15, -0.1) is 0 Å². The number of nitrogens with zero attached hydrogens (tertiary/aromatic N) is 1. The van der Waals surface area contributed by atoms with Gasteiger partial charge in [-0.1, -0.05) is 13.0 Å². The van der Waals surface area contributed by atoms with Gasteiger partial charge >= 0.3 is 0 Å². The number of hydrogen-bond acceptors (Lipinski definition) is 6. The van der Waals surface area contributed by atoms with Gasteiger partial charge in [-0.3, -0.25) is 0 Å². The zero-order chi connectivity index (χ0) is 23.0. The van der Waals surface area contributed by atoms with E-state index in [0.717, 1.165) is 46.6 Å². The van der Waals surface area contributed by atoms with E-state index in [0.29, 0.717) is 25.5 Å². The molecule has 0 amide bonds. The zero-order valence-corrected chi connectivity index (χ0v) is 19.1. The third-order valence-corrected chi connectivity index (χ3v) is 5.46. The highest BCUT2D eigenvalue weighted by Gasteiger charge is 2.15. The molecule has 0 aliphatic carbocycles. The average Bonchev–Trinajstić information content (AvgIpc) is 3.23. The molecule has 0 saturated heterocycles. The molecule has 7 heteroatoms. The first-order chi connectivity index (χ1) is 16.2. The number of methoxy groups -OCH3 is 1. The van der Waals surface area contributed by atoms with E-state index in [1.54, 1.807) is 7.11 Å². The summed E-state index contributed by atoms with van der Waals surface area (Å²) < 4.78 is 16.8. The SMILES string of the molecule is CCC1=C(Nc2ccc(OCCOC)cc2)N=c2[nH]ccc2=C(COc2cccc(N)c2)C1. The summed E-state index contributed by atoms with van der Waals surface area (Å²) in [5.74, 6) is 2.42. The van der Waals surface area contributed by atoms with Gasteiger partial charge in [0.2, 0.25) is 0 Å². The van der Waals surface area contributed by atoms with Gasteiger partial charge in [0.25, 0.3) is 0 Å². The van der Waals surface area contributed by atoms with Crippen LogP contribution in [-0.4, -0.2) is 31.9 Å². The van der Waals surface area contributed by atoms with Crippen molar-refractivity contribution in [3.05, 3.63) is 82.9 Å². The number of anilines is 2. The molecule has 1 aliphatic heterocycles.